The zero-order valence-electron chi connectivity index (χ0n) is 7.54. The number of carboxylic acids is 1. The number of carbonyl (C=O) groups is 1. The monoisotopic (exact) mass is 253 g/mol. The summed E-state index contributed by atoms with van der Waals surface area (Å²) < 4.78 is 0.562. The Balaban J connectivity index is 3.44. The molecule has 1 aromatic rings. The van der Waals surface area contributed by atoms with Crippen molar-refractivity contribution < 1.29 is 9.90 Å². The molecule has 3 nitrogen and oxygen atoms in total. The van der Waals surface area contributed by atoms with E-state index in [1.807, 2.05) is 13.0 Å². The lowest BCUT2D eigenvalue weighted by Crippen LogP contribution is -2.01. The minimum atomic E-state index is -1.02. The Morgan fingerprint density at radius 3 is 2.71 bits per heavy atom. The third-order valence-corrected chi connectivity index (χ3v) is 2.82. The van der Waals surface area contributed by atoms with Crippen molar-refractivity contribution in [2.24, 2.45) is 0 Å². The van der Waals surface area contributed by atoms with Gasteiger partial charge in [-0.1, -0.05) is 6.92 Å². The Morgan fingerprint density at radius 2 is 2.29 bits per heavy atom. The van der Waals surface area contributed by atoms with E-state index in [0.717, 1.165) is 5.56 Å². The summed E-state index contributed by atoms with van der Waals surface area (Å²) in [4.78, 5) is 10.8. The lowest BCUT2D eigenvalue weighted by molar-refractivity contribution is 0.0695. The molecule has 0 bridgehead atoms. The Hall–Kier alpha value is -1.34. The highest BCUT2D eigenvalue weighted by molar-refractivity contribution is 9.10. The van der Waals surface area contributed by atoms with E-state index in [0.29, 0.717) is 16.5 Å². The number of aromatic carboxylic acids is 1. The minimum Gasteiger partial charge on any atom is -0.478 e. The number of carboxylic acid groups (broad SMARTS) is 1. The average Bonchev–Trinajstić information content (AvgIpc) is 2.17. The molecule has 0 aliphatic rings. The molecule has 0 heterocycles. The number of rotatable bonds is 2. The predicted molar refractivity (Wildman–Crippen MR) is 55.2 cm³/mol. The molecule has 0 amide bonds. The predicted octanol–water partition coefficient (Wildman–Crippen LogP) is 2.58. The third-order valence-electron chi connectivity index (χ3n) is 1.89. The molecule has 0 aromatic heterocycles. The summed E-state index contributed by atoms with van der Waals surface area (Å²) in [7, 11) is 0. The molecule has 72 valence electrons. The van der Waals surface area contributed by atoms with E-state index in [1.54, 1.807) is 6.07 Å². The van der Waals surface area contributed by atoms with E-state index in [9.17, 15) is 4.79 Å². The highest BCUT2D eigenvalue weighted by Gasteiger charge is 2.12. The van der Waals surface area contributed by atoms with Gasteiger partial charge in [0.25, 0.3) is 0 Å². The van der Waals surface area contributed by atoms with E-state index >= 15 is 0 Å². The van der Waals surface area contributed by atoms with Crippen LogP contribution in [0.5, 0.6) is 0 Å². The second kappa shape index (κ2) is 4.25. The van der Waals surface area contributed by atoms with Gasteiger partial charge in [0, 0.05) is 4.47 Å². The number of aryl methyl sites for hydroxylation is 1. The minimum absolute atomic E-state index is 0.140. The molecule has 0 saturated carbocycles. The third kappa shape index (κ3) is 1.94. The molecular weight excluding hydrogens is 246 g/mol. The van der Waals surface area contributed by atoms with Crippen LogP contribution in [-0.2, 0) is 6.42 Å². The Bertz CT molecular complexity index is 421. The van der Waals surface area contributed by atoms with Gasteiger partial charge in [0.15, 0.2) is 0 Å². The van der Waals surface area contributed by atoms with Gasteiger partial charge in [-0.25, -0.2) is 4.79 Å². The molecule has 14 heavy (non-hydrogen) atoms. The van der Waals surface area contributed by atoms with Gasteiger partial charge >= 0.3 is 5.97 Å². The molecule has 1 aromatic carbocycles. The van der Waals surface area contributed by atoms with Crippen molar-refractivity contribution in [3.05, 3.63) is 33.3 Å². The smallest absolute Gasteiger partial charge is 0.336 e. The van der Waals surface area contributed by atoms with Gasteiger partial charge in [-0.2, -0.15) is 5.26 Å². The van der Waals surface area contributed by atoms with Crippen LogP contribution in [0.1, 0.15) is 28.4 Å². The maximum absolute atomic E-state index is 10.8. The summed E-state index contributed by atoms with van der Waals surface area (Å²) in [5, 5.41) is 17.6. The first-order valence-corrected chi connectivity index (χ1v) is 4.85. The van der Waals surface area contributed by atoms with Crippen LogP contribution in [0, 0.1) is 11.3 Å². The normalized spacial score (nSPS) is 9.50. The summed E-state index contributed by atoms with van der Waals surface area (Å²) in [6.45, 7) is 1.91. The summed E-state index contributed by atoms with van der Waals surface area (Å²) in [5.74, 6) is -1.02. The molecule has 0 aliphatic heterocycles. The topological polar surface area (TPSA) is 61.1 Å². The van der Waals surface area contributed by atoms with Gasteiger partial charge in [-0.15, -0.1) is 0 Å². The molecule has 4 heteroatoms. The number of halogens is 1. The van der Waals surface area contributed by atoms with Crippen molar-refractivity contribution >= 4 is 21.9 Å². The summed E-state index contributed by atoms with van der Waals surface area (Å²) in [6, 6.07) is 5.00. The molecule has 0 saturated heterocycles. The molecule has 0 aliphatic carbocycles. The van der Waals surface area contributed by atoms with Crippen molar-refractivity contribution in [3.63, 3.8) is 0 Å². The quantitative estimate of drug-likeness (QED) is 0.882. The summed E-state index contributed by atoms with van der Waals surface area (Å²) >= 11 is 3.22. The van der Waals surface area contributed by atoms with Crippen molar-refractivity contribution in [2.75, 3.05) is 0 Å². The second-order valence-corrected chi connectivity index (χ2v) is 3.56. The van der Waals surface area contributed by atoms with Crippen LogP contribution >= 0.6 is 15.9 Å². The van der Waals surface area contributed by atoms with Gasteiger partial charge in [-0.3, -0.25) is 0 Å². The maximum atomic E-state index is 10.8. The molecular formula is C10H8BrNO2. The van der Waals surface area contributed by atoms with E-state index < -0.39 is 5.97 Å². The zero-order chi connectivity index (χ0) is 10.7. The van der Waals surface area contributed by atoms with Crippen molar-refractivity contribution in [3.8, 4) is 6.07 Å². The maximum Gasteiger partial charge on any atom is 0.336 e. The van der Waals surface area contributed by atoms with Crippen molar-refractivity contribution in [1.82, 2.24) is 0 Å². The number of hydrogen-bond donors (Lipinski definition) is 1. The fourth-order valence-corrected chi connectivity index (χ4v) is 1.84. The SMILES string of the molecule is CCc1cc(C#N)cc(C(=O)O)c1Br. The number of nitrogens with zero attached hydrogens (tertiary/aromatic N) is 1. The Labute approximate surface area is 90.1 Å². The molecule has 0 radical (unpaired) electrons. The van der Waals surface area contributed by atoms with Crippen molar-refractivity contribution in [2.45, 2.75) is 13.3 Å². The number of benzene rings is 1. The summed E-state index contributed by atoms with van der Waals surface area (Å²) in [6.07, 6.45) is 0.691. The average molecular weight is 254 g/mol. The molecule has 0 spiro atoms. The van der Waals surface area contributed by atoms with E-state index in [-0.39, 0.29) is 5.56 Å². The van der Waals surface area contributed by atoms with E-state index in [1.165, 1.54) is 6.07 Å². The molecule has 0 fully saturated rings. The standard InChI is InChI=1S/C10H8BrNO2/c1-2-7-3-6(5-12)4-8(9(7)11)10(13)14/h3-4H,2H2,1H3,(H,13,14). The molecule has 0 unspecified atom stereocenters. The number of nitriles is 1. The van der Waals surface area contributed by atoms with Gasteiger partial charge in [0.05, 0.1) is 17.2 Å². The largest absolute Gasteiger partial charge is 0.478 e. The van der Waals surface area contributed by atoms with Gasteiger partial charge < -0.3 is 5.11 Å². The van der Waals surface area contributed by atoms with Crippen LogP contribution in [0.4, 0.5) is 0 Å². The summed E-state index contributed by atoms with van der Waals surface area (Å²) in [5.41, 5.74) is 1.35. The fourth-order valence-electron chi connectivity index (χ4n) is 1.16. The zero-order valence-corrected chi connectivity index (χ0v) is 9.13. The fraction of sp³-hybridized carbons (Fsp3) is 0.200. The first kappa shape index (κ1) is 10.7. The van der Waals surface area contributed by atoms with Crippen LogP contribution in [-0.4, -0.2) is 11.1 Å². The van der Waals surface area contributed by atoms with Crippen LogP contribution in [0.25, 0.3) is 0 Å². The molecule has 1 rings (SSSR count). The highest BCUT2D eigenvalue weighted by atomic mass is 79.9. The van der Waals surface area contributed by atoms with Crippen molar-refractivity contribution in [1.29, 1.82) is 5.26 Å². The van der Waals surface area contributed by atoms with Crippen LogP contribution in [0.2, 0.25) is 0 Å². The lowest BCUT2D eigenvalue weighted by Gasteiger charge is -2.05. The highest BCUT2D eigenvalue weighted by Crippen LogP contribution is 2.24. The van der Waals surface area contributed by atoms with Crippen LogP contribution < -0.4 is 0 Å². The second-order valence-electron chi connectivity index (χ2n) is 2.77. The van der Waals surface area contributed by atoms with Gasteiger partial charge in [0.1, 0.15) is 0 Å². The van der Waals surface area contributed by atoms with Gasteiger partial charge in [0.2, 0.25) is 0 Å². The first-order valence-electron chi connectivity index (χ1n) is 4.06. The van der Waals surface area contributed by atoms with E-state index in [2.05, 4.69) is 15.9 Å². The first-order chi connectivity index (χ1) is 6.60. The Morgan fingerprint density at radius 1 is 1.64 bits per heavy atom. The van der Waals surface area contributed by atoms with E-state index in [4.69, 9.17) is 10.4 Å². The lowest BCUT2D eigenvalue weighted by atomic mass is 10.0. The Kier molecular flexibility index (Phi) is 3.26. The van der Waals surface area contributed by atoms with Crippen LogP contribution in [0.15, 0.2) is 16.6 Å². The molecule has 0 atom stereocenters. The van der Waals surface area contributed by atoms with Gasteiger partial charge in [-0.05, 0) is 40.0 Å². The van der Waals surface area contributed by atoms with Crippen LogP contribution in [0.3, 0.4) is 0 Å². The molecule has 1 N–H and O–H groups in total. The number of hydrogen-bond acceptors (Lipinski definition) is 2.